The molecule has 0 fully saturated rings. The Hall–Kier alpha value is -2.06. The summed E-state index contributed by atoms with van der Waals surface area (Å²) < 4.78 is 0. The van der Waals surface area contributed by atoms with Gasteiger partial charge in [0.1, 0.15) is 0 Å². The summed E-state index contributed by atoms with van der Waals surface area (Å²) in [6, 6.07) is 19.1. The fourth-order valence-electron chi connectivity index (χ4n) is 2.50. The van der Waals surface area contributed by atoms with Crippen LogP contribution in [0.2, 0.25) is 0 Å². The molecule has 0 unspecified atom stereocenters. The lowest BCUT2D eigenvalue weighted by Crippen LogP contribution is -2.03. The number of aliphatic hydroxyl groups excluding tert-OH is 1. The summed E-state index contributed by atoms with van der Waals surface area (Å²) in [5.41, 5.74) is 1.14. The second-order valence-electron chi connectivity index (χ2n) is 4.69. The van der Waals surface area contributed by atoms with Crippen LogP contribution >= 0.6 is 0 Å². The molecule has 0 bridgehead atoms. The van der Waals surface area contributed by atoms with Crippen LogP contribution in [-0.2, 0) is 0 Å². The van der Waals surface area contributed by atoms with Gasteiger partial charge in [-0.2, -0.15) is 0 Å². The molecule has 0 aliphatic carbocycles. The molecule has 0 aliphatic rings. The summed E-state index contributed by atoms with van der Waals surface area (Å²) in [6.07, 6.45) is 0.765. The molecule has 3 aromatic carbocycles. The largest absolute Gasteiger partial charge is 0.396 e. The van der Waals surface area contributed by atoms with Crippen LogP contribution in [0.3, 0.4) is 0 Å². The summed E-state index contributed by atoms with van der Waals surface area (Å²) in [6.45, 7) is 1.01. The number of hydrogen-bond acceptors (Lipinski definition) is 2. The maximum absolute atomic E-state index is 8.89. The van der Waals surface area contributed by atoms with Crippen LogP contribution < -0.4 is 5.32 Å². The zero-order valence-corrected chi connectivity index (χ0v) is 10.8. The van der Waals surface area contributed by atoms with Crippen LogP contribution in [0.4, 0.5) is 5.69 Å². The van der Waals surface area contributed by atoms with E-state index < -0.39 is 0 Å². The second-order valence-corrected chi connectivity index (χ2v) is 4.69. The fourth-order valence-corrected chi connectivity index (χ4v) is 2.50. The van der Waals surface area contributed by atoms with Crippen molar-refractivity contribution in [2.24, 2.45) is 0 Å². The van der Waals surface area contributed by atoms with Crippen molar-refractivity contribution in [1.29, 1.82) is 0 Å². The highest BCUT2D eigenvalue weighted by Crippen LogP contribution is 2.31. The van der Waals surface area contributed by atoms with Gasteiger partial charge < -0.3 is 10.4 Å². The number of hydrogen-bond donors (Lipinski definition) is 2. The van der Waals surface area contributed by atoms with Crippen molar-refractivity contribution in [2.45, 2.75) is 6.42 Å². The molecular weight excluding hydrogens is 234 g/mol. The number of fused-ring (bicyclic) bond motifs is 3. The van der Waals surface area contributed by atoms with Crippen molar-refractivity contribution in [2.75, 3.05) is 18.5 Å². The molecule has 0 spiro atoms. The first-order valence-electron chi connectivity index (χ1n) is 6.65. The topological polar surface area (TPSA) is 32.3 Å². The third-order valence-electron chi connectivity index (χ3n) is 3.42. The molecule has 0 saturated heterocycles. The van der Waals surface area contributed by atoms with E-state index in [1.54, 1.807) is 0 Å². The van der Waals surface area contributed by atoms with Gasteiger partial charge in [-0.25, -0.2) is 0 Å². The van der Waals surface area contributed by atoms with E-state index in [4.69, 9.17) is 5.11 Å². The van der Waals surface area contributed by atoms with Gasteiger partial charge in [0.2, 0.25) is 0 Å². The van der Waals surface area contributed by atoms with E-state index in [1.807, 2.05) is 0 Å². The molecule has 3 aromatic rings. The monoisotopic (exact) mass is 251 g/mol. The summed E-state index contributed by atoms with van der Waals surface area (Å²) in [5.74, 6) is 0. The molecule has 0 radical (unpaired) electrons. The molecule has 2 nitrogen and oxygen atoms in total. The van der Waals surface area contributed by atoms with E-state index in [9.17, 15) is 0 Å². The quantitative estimate of drug-likeness (QED) is 0.546. The Kier molecular flexibility index (Phi) is 3.34. The zero-order chi connectivity index (χ0) is 13.1. The Morgan fingerprint density at radius 2 is 1.53 bits per heavy atom. The highest BCUT2D eigenvalue weighted by molar-refractivity contribution is 6.12. The molecule has 0 aromatic heterocycles. The minimum Gasteiger partial charge on any atom is -0.396 e. The van der Waals surface area contributed by atoms with Crippen molar-refractivity contribution >= 4 is 27.2 Å². The van der Waals surface area contributed by atoms with E-state index in [0.29, 0.717) is 0 Å². The second kappa shape index (κ2) is 5.29. The molecule has 2 heteroatoms. The maximum atomic E-state index is 8.89. The lowest BCUT2D eigenvalue weighted by molar-refractivity contribution is 0.292. The molecular formula is C17H17NO. The van der Waals surface area contributed by atoms with Crippen LogP contribution in [0.5, 0.6) is 0 Å². The van der Waals surface area contributed by atoms with Crippen LogP contribution in [0.1, 0.15) is 6.42 Å². The minimum atomic E-state index is 0.221. The van der Waals surface area contributed by atoms with Crippen LogP contribution in [0, 0.1) is 0 Å². The first-order chi connectivity index (χ1) is 9.40. The van der Waals surface area contributed by atoms with Crippen LogP contribution in [0.25, 0.3) is 21.5 Å². The van der Waals surface area contributed by atoms with Crippen molar-refractivity contribution < 1.29 is 5.11 Å². The average Bonchev–Trinajstić information content (AvgIpc) is 2.47. The molecule has 3 rings (SSSR count). The first kappa shape index (κ1) is 12.0. The molecule has 0 amide bonds. The Morgan fingerprint density at radius 1 is 0.842 bits per heavy atom. The van der Waals surface area contributed by atoms with Crippen molar-refractivity contribution in [3.63, 3.8) is 0 Å². The van der Waals surface area contributed by atoms with Crippen LogP contribution in [-0.4, -0.2) is 18.3 Å². The molecule has 96 valence electrons. The average molecular weight is 251 g/mol. The molecule has 0 aliphatic heterocycles. The van der Waals surface area contributed by atoms with Gasteiger partial charge >= 0.3 is 0 Å². The van der Waals surface area contributed by atoms with Gasteiger partial charge in [-0.3, -0.25) is 0 Å². The predicted molar refractivity (Wildman–Crippen MR) is 81.6 cm³/mol. The smallest absolute Gasteiger partial charge is 0.0447 e. The Morgan fingerprint density at radius 3 is 2.32 bits per heavy atom. The van der Waals surface area contributed by atoms with Gasteiger partial charge in [0, 0.05) is 24.2 Å². The van der Waals surface area contributed by atoms with Gasteiger partial charge in [-0.05, 0) is 28.6 Å². The van der Waals surface area contributed by atoms with Crippen molar-refractivity contribution in [1.82, 2.24) is 0 Å². The standard InChI is InChI=1S/C17H17NO/c19-11-5-10-18-17-12-13-6-1-2-7-14(13)15-8-3-4-9-16(15)17/h1-4,6-9,12,18-19H,5,10-11H2. The SMILES string of the molecule is OCCCNc1cc2ccccc2c2ccccc12. The predicted octanol–water partition coefficient (Wildman–Crippen LogP) is 3.79. The Bertz CT molecular complexity index is 706. The molecule has 19 heavy (non-hydrogen) atoms. The lowest BCUT2D eigenvalue weighted by atomic mass is 10.0. The highest BCUT2D eigenvalue weighted by Gasteiger charge is 2.05. The maximum Gasteiger partial charge on any atom is 0.0447 e. The first-order valence-corrected chi connectivity index (χ1v) is 6.65. The highest BCUT2D eigenvalue weighted by atomic mass is 16.3. The van der Waals surface area contributed by atoms with Crippen LogP contribution in [0.15, 0.2) is 54.6 Å². The third kappa shape index (κ3) is 2.27. The van der Waals surface area contributed by atoms with E-state index in [-0.39, 0.29) is 6.61 Å². The number of rotatable bonds is 4. The zero-order valence-electron chi connectivity index (χ0n) is 10.8. The molecule has 0 heterocycles. The fraction of sp³-hybridized carbons (Fsp3) is 0.176. The minimum absolute atomic E-state index is 0.221. The van der Waals surface area contributed by atoms with Gasteiger partial charge in [0.25, 0.3) is 0 Å². The summed E-state index contributed by atoms with van der Waals surface area (Å²) >= 11 is 0. The third-order valence-corrected chi connectivity index (χ3v) is 3.42. The van der Waals surface area contributed by atoms with Crippen molar-refractivity contribution in [3.8, 4) is 0 Å². The Balaban J connectivity index is 2.18. The van der Waals surface area contributed by atoms with Gasteiger partial charge in [0.15, 0.2) is 0 Å². The number of anilines is 1. The van der Waals surface area contributed by atoms with E-state index in [1.165, 1.54) is 21.5 Å². The van der Waals surface area contributed by atoms with Gasteiger partial charge in [0.05, 0.1) is 0 Å². The van der Waals surface area contributed by atoms with Crippen molar-refractivity contribution in [3.05, 3.63) is 54.6 Å². The van der Waals surface area contributed by atoms with Gasteiger partial charge in [-0.15, -0.1) is 0 Å². The van der Waals surface area contributed by atoms with E-state index in [2.05, 4.69) is 59.9 Å². The summed E-state index contributed by atoms with van der Waals surface area (Å²) in [5, 5.41) is 17.3. The van der Waals surface area contributed by atoms with E-state index >= 15 is 0 Å². The normalized spacial score (nSPS) is 11.0. The molecule has 0 saturated carbocycles. The lowest BCUT2D eigenvalue weighted by Gasteiger charge is -2.12. The number of aliphatic hydroxyl groups is 1. The number of nitrogens with one attached hydrogen (secondary N) is 1. The summed E-state index contributed by atoms with van der Waals surface area (Å²) in [7, 11) is 0. The molecule has 2 N–H and O–H groups in total. The van der Waals surface area contributed by atoms with Gasteiger partial charge in [-0.1, -0.05) is 48.5 Å². The van der Waals surface area contributed by atoms with E-state index in [0.717, 1.165) is 18.7 Å². The summed E-state index contributed by atoms with van der Waals surface area (Å²) in [4.78, 5) is 0. The Labute approximate surface area is 112 Å². The number of benzene rings is 3. The molecule has 0 atom stereocenters.